The minimum absolute atomic E-state index is 0.119. The zero-order chi connectivity index (χ0) is 13.6. The summed E-state index contributed by atoms with van der Waals surface area (Å²) in [4.78, 5) is 16.3. The van der Waals surface area contributed by atoms with Crippen LogP contribution in [0.5, 0.6) is 0 Å². The second-order valence-corrected chi connectivity index (χ2v) is 5.85. The maximum absolute atomic E-state index is 11.2. The molecule has 0 aliphatic rings. The van der Waals surface area contributed by atoms with E-state index in [4.69, 9.17) is 23.2 Å². The number of rotatable bonds is 2. The molecule has 19 heavy (non-hydrogen) atoms. The van der Waals surface area contributed by atoms with Crippen molar-refractivity contribution in [1.82, 2.24) is 9.38 Å². The molecule has 0 amide bonds. The van der Waals surface area contributed by atoms with Gasteiger partial charge < -0.3 is 5.11 Å². The fourth-order valence-electron chi connectivity index (χ4n) is 1.88. The molecule has 1 N–H and O–H groups in total. The highest BCUT2D eigenvalue weighted by atomic mass is 35.5. The average molecular weight is 313 g/mol. The Hall–Kier alpha value is -1.56. The summed E-state index contributed by atoms with van der Waals surface area (Å²) in [6.07, 6.45) is 1.73. The van der Waals surface area contributed by atoms with Gasteiger partial charge in [-0.05, 0) is 24.3 Å². The van der Waals surface area contributed by atoms with Crippen LogP contribution in [0, 0.1) is 0 Å². The van der Waals surface area contributed by atoms with E-state index >= 15 is 0 Å². The van der Waals surface area contributed by atoms with Crippen LogP contribution >= 0.6 is 34.5 Å². The van der Waals surface area contributed by atoms with E-state index in [9.17, 15) is 9.90 Å². The summed E-state index contributed by atoms with van der Waals surface area (Å²) in [5.74, 6) is -0.455. The van der Waals surface area contributed by atoms with Gasteiger partial charge in [0, 0.05) is 6.20 Å². The van der Waals surface area contributed by atoms with E-state index in [1.165, 1.54) is 17.4 Å². The van der Waals surface area contributed by atoms with Gasteiger partial charge in [-0.15, -0.1) is 11.3 Å². The summed E-state index contributed by atoms with van der Waals surface area (Å²) in [5.41, 5.74) is 0.505. The molecule has 0 bridgehead atoms. The molecule has 0 atom stereocenters. The summed E-state index contributed by atoms with van der Waals surface area (Å²) in [6, 6.07) is 6.73. The molecular formula is C12H6Cl2N2O2S. The largest absolute Gasteiger partial charge is 0.478 e. The van der Waals surface area contributed by atoms with Gasteiger partial charge >= 0.3 is 5.97 Å². The number of hydrogen-bond acceptors (Lipinski definition) is 3. The average Bonchev–Trinajstić information content (AvgIpc) is 2.94. The summed E-state index contributed by atoms with van der Waals surface area (Å²) >= 11 is 13.3. The summed E-state index contributed by atoms with van der Waals surface area (Å²) in [6.45, 7) is 0. The van der Waals surface area contributed by atoms with Crippen LogP contribution in [0.1, 0.15) is 10.4 Å². The number of pyridine rings is 1. The normalized spacial score (nSPS) is 11.1. The highest BCUT2D eigenvalue weighted by molar-refractivity contribution is 7.19. The minimum atomic E-state index is -1.04. The molecule has 0 aliphatic carbocycles. The maximum atomic E-state index is 11.2. The van der Waals surface area contributed by atoms with E-state index in [-0.39, 0.29) is 10.7 Å². The van der Waals surface area contributed by atoms with E-state index in [2.05, 4.69) is 4.98 Å². The van der Waals surface area contributed by atoms with Crippen molar-refractivity contribution < 1.29 is 9.90 Å². The first-order valence-corrected chi connectivity index (χ1v) is 6.81. The molecule has 3 aromatic heterocycles. The Balaban J connectivity index is 2.34. The van der Waals surface area contributed by atoms with Crippen LogP contribution in [0.15, 0.2) is 30.5 Å². The van der Waals surface area contributed by atoms with Crippen molar-refractivity contribution in [3.05, 3.63) is 45.5 Å². The van der Waals surface area contributed by atoms with Crippen molar-refractivity contribution >= 4 is 46.0 Å². The second kappa shape index (κ2) is 4.52. The molecule has 3 rings (SSSR count). The van der Waals surface area contributed by atoms with Crippen molar-refractivity contribution in [2.75, 3.05) is 0 Å². The number of fused-ring (bicyclic) bond motifs is 1. The number of thiophene rings is 1. The van der Waals surface area contributed by atoms with Crippen LogP contribution in [-0.2, 0) is 0 Å². The monoisotopic (exact) mass is 312 g/mol. The van der Waals surface area contributed by atoms with Gasteiger partial charge in [-0.25, -0.2) is 9.78 Å². The van der Waals surface area contributed by atoms with E-state index in [0.29, 0.717) is 15.7 Å². The second-order valence-electron chi connectivity index (χ2n) is 3.78. The number of nitrogens with zero attached hydrogens (tertiary/aromatic N) is 2. The van der Waals surface area contributed by atoms with Crippen LogP contribution in [0.25, 0.3) is 16.2 Å². The van der Waals surface area contributed by atoms with Crippen LogP contribution in [0.4, 0.5) is 0 Å². The molecule has 0 saturated carbocycles. The van der Waals surface area contributed by atoms with Gasteiger partial charge in [-0.2, -0.15) is 0 Å². The third kappa shape index (κ3) is 2.00. The molecule has 3 aromatic rings. The Morgan fingerprint density at radius 2 is 2.11 bits per heavy atom. The first-order chi connectivity index (χ1) is 9.08. The van der Waals surface area contributed by atoms with Crippen LogP contribution in [0.2, 0.25) is 9.49 Å². The molecule has 0 spiro atoms. The van der Waals surface area contributed by atoms with Gasteiger partial charge in [-0.3, -0.25) is 4.40 Å². The van der Waals surface area contributed by atoms with Gasteiger partial charge in [0.2, 0.25) is 0 Å². The third-order valence-electron chi connectivity index (χ3n) is 2.65. The lowest BCUT2D eigenvalue weighted by atomic mass is 10.2. The molecule has 3 heterocycles. The van der Waals surface area contributed by atoms with Crippen molar-refractivity contribution in [1.29, 1.82) is 0 Å². The van der Waals surface area contributed by atoms with Gasteiger partial charge in [0.05, 0.1) is 20.3 Å². The molecule has 0 unspecified atom stereocenters. The number of imidazole rings is 1. The predicted octanol–water partition coefficient (Wildman–Crippen LogP) is 4.07. The first-order valence-electron chi connectivity index (χ1n) is 5.23. The molecule has 0 aromatic carbocycles. The Bertz CT molecular complexity index is 794. The summed E-state index contributed by atoms with van der Waals surface area (Å²) in [7, 11) is 0. The Morgan fingerprint density at radius 1 is 1.32 bits per heavy atom. The molecule has 0 saturated heterocycles. The quantitative estimate of drug-likeness (QED) is 0.776. The summed E-state index contributed by atoms with van der Waals surface area (Å²) < 4.78 is 2.30. The van der Waals surface area contributed by atoms with Crippen LogP contribution < -0.4 is 0 Å². The number of hydrogen-bond donors (Lipinski definition) is 1. The van der Waals surface area contributed by atoms with Gasteiger partial charge in [0.1, 0.15) is 0 Å². The number of carboxylic acids is 1. The Kier molecular flexibility index (Phi) is 2.97. The van der Waals surface area contributed by atoms with E-state index in [0.717, 1.165) is 4.88 Å². The highest BCUT2D eigenvalue weighted by Crippen LogP contribution is 2.33. The van der Waals surface area contributed by atoms with E-state index in [1.54, 1.807) is 22.7 Å². The first kappa shape index (κ1) is 12.5. The molecule has 7 heteroatoms. The van der Waals surface area contributed by atoms with Gasteiger partial charge in [0.15, 0.2) is 11.0 Å². The highest BCUT2D eigenvalue weighted by Gasteiger charge is 2.18. The van der Waals surface area contributed by atoms with Crippen molar-refractivity contribution in [2.24, 2.45) is 0 Å². The Labute approximate surface area is 121 Å². The smallest absolute Gasteiger partial charge is 0.337 e. The number of carboxylic acid groups (broad SMARTS) is 1. The van der Waals surface area contributed by atoms with Crippen LogP contribution in [-0.4, -0.2) is 20.5 Å². The molecule has 4 nitrogen and oxygen atoms in total. The molecule has 0 radical (unpaired) electrons. The van der Waals surface area contributed by atoms with Crippen molar-refractivity contribution in [3.8, 4) is 10.7 Å². The van der Waals surface area contributed by atoms with Crippen LogP contribution in [0.3, 0.4) is 0 Å². The van der Waals surface area contributed by atoms with Gasteiger partial charge in [-0.1, -0.05) is 23.2 Å². The number of aromatic nitrogens is 2. The zero-order valence-electron chi connectivity index (χ0n) is 9.30. The van der Waals surface area contributed by atoms with Gasteiger partial charge in [0.25, 0.3) is 0 Å². The third-order valence-corrected chi connectivity index (χ3v) is 4.14. The zero-order valence-corrected chi connectivity index (χ0v) is 11.6. The van der Waals surface area contributed by atoms with E-state index < -0.39 is 5.97 Å². The molecular weight excluding hydrogens is 307 g/mol. The molecule has 96 valence electrons. The lowest BCUT2D eigenvalue weighted by Gasteiger charge is -2.01. The van der Waals surface area contributed by atoms with Crippen molar-refractivity contribution in [2.45, 2.75) is 0 Å². The predicted molar refractivity (Wildman–Crippen MR) is 75.5 cm³/mol. The SMILES string of the molecule is O=C(O)c1cccn2c(-c3ccc(Cl)s3)nc(Cl)c12. The molecule has 0 fully saturated rings. The topological polar surface area (TPSA) is 54.6 Å². The van der Waals surface area contributed by atoms with Crippen molar-refractivity contribution in [3.63, 3.8) is 0 Å². The van der Waals surface area contributed by atoms with E-state index in [1.807, 2.05) is 6.07 Å². The fourth-order valence-corrected chi connectivity index (χ4v) is 3.18. The lowest BCUT2D eigenvalue weighted by Crippen LogP contribution is -2.00. The molecule has 0 aliphatic heterocycles. The summed E-state index contributed by atoms with van der Waals surface area (Å²) in [5, 5.41) is 9.34. The standard InChI is InChI=1S/C12H6Cl2N2O2S/c13-8-4-3-7(19-8)11-15-10(14)9-6(12(17)18)2-1-5-16(9)11/h1-5H,(H,17,18). The number of carbonyl (C=O) groups is 1. The minimum Gasteiger partial charge on any atom is -0.478 e. The maximum Gasteiger partial charge on any atom is 0.337 e. The number of aromatic carboxylic acids is 1. The number of halogens is 2. The fraction of sp³-hybridized carbons (Fsp3) is 0. The lowest BCUT2D eigenvalue weighted by molar-refractivity contribution is 0.0698. The Morgan fingerprint density at radius 3 is 2.74 bits per heavy atom.